The van der Waals surface area contributed by atoms with Crippen molar-refractivity contribution in [1.82, 2.24) is 4.57 Å². The Kier molecular flexibility index (Phi) is 3.95. The molecule has 0 aliphatic heterocycles. The molecule has 122 valence electrons. The van der Waals surface area contributed by atoms with Crippen LogP contribution in [-0.2, 0) is 7.05 Å². The Labute approximate surface area is 141 Å². The van der Waals surface area contributed by atoms with Gasteiger partial charge in [0, 0.05) is 25.2 Å². The number of hydrogen-bond acceptors (Lipinski definition) is 7. The summed E-state index contributed by atoms with van der Waals surface area (Å²) in [5.41, 5.74) is 0.528. The van der Waals surface area contributed by atoms with E-state index in [1.165, 1.54) is 35.6 Å². The minimum Gasteiger partial charge on any atom is -0.319 e. The van der Waals surface area contributed by atoms with Crippen molar-refractivity contribution < 1.29 is 14.6 Å². The van der Waals surface area contributed by atoms with E-state index in [1.54, 1.807) is 17.7 Å². The third-order valence-electron chi connectivity index (χ3n) is 3.18. The Morgan fingerprint density at radius 3 is 2.50 bits per heavy atom. The molecular weight excluding hydrogens is 356 g/mol. The number of aryl methyl sites for hydroxylation is 1. The number of nitro benzene ring substituents is 1. The topological polar surface area (TPSA) is 121 Å². The predicted molar refractivity (Wildman–Crippen MR) is 88.3 cm³/mol. The van der Waals surface area contributed by atoms with Gasteiger partial charge in [0.15, 0.2) is 4.80 Å². The Balaban J connectivity index is 2.05. The first kappa shape index (κ1) is 16.0. The highest BCUT2D eigenvalue weighted by Gasteiger charge is 2.16. The van der Waals surface area contributed by atoms with E-state index in [2.05, 4.69) is 4.99 Å². The van der Waals surface area contributed by atoms with Gasteiger partial charge in [0.2, 0.25) is 0 Å². The maximum Gasteiger partial charge on any atom is 0.324 e. The third-order valence-corrected chi connectivity index (χ3v) is 5.32. The number of carbonyl (C=O) groups excluding carboxylic acids is 1. The number of benzene rings is 1. The molecule has 0 saturated heterocycles. The van der Waals surface area contributed by atoms with Crippen LogP contribution in [0.2, 0.25) is 0 Å². The van der Waals surface area contributed by atoms with Gasteiger partial charge < -0.3 is 4.57 Å². The van der Waals surface area contributed by atoms with Crippen LogP contribution in [0.4, 0.5) is 10.7 Å². The van der Waals surface area contributed by atoms with Crippen molar-refractivity contribution in [3.8, 4) is 0 Å². The largest absolute Gasteiger partial charge is 0.324 e. The average Bonchev–Trinajstić information content (AvgIpc) is 3.13. The van der Waals surface area contributed by atoms with Crippen LogP contribution in [0.15, 0.2) is 35.3 Å². The predicted octanol–water partition coefficient (Wildman–Crippen LogP) is 2.86. The summed E-state index contributed by atoms with van der Waals surface area (Å²) in [4.78, 5) is 37.1. The molecule has 9 nitrogen and oxygen atoms in total. The number of thiophene rings is 1. The zero-order chi connectivity index (χ0) is 17.4. The highest BCUT2D eigenvalue weighted by molar-refractivity contribution is 7.17. The van der Waals surface area contributed by atoms with E-state index in [4.69, 9.17) is 0 Å². The van der Waals surface area contributed by atoms with Crippen LogP contribution < -0.4 is 4.80 Å². The average molecular weight is 364 g/mol. The molecule has 0 atom stereocenters. The van der Waals surface area contributed by atoms with Gasteiger partial charge in [-0.25, -0.2) is 0 Å². The maximum absolute atomic E-state index is 12.2. The number of thiazole rings is 1. The molecule has 3 aromatic rings. The first-order valence-corrected chi connectivity index (χ1v) is 8.07. The second-order valence-corrected chi connectivity index (χ2v) is 6.74. The molecule has 0 bridgehead atoms. The molecular formula is C13H8N4O5S2. The van der Waals surface area contributed by atoms with Crippen molar-refractivity contribution in [1.29, 1.82) is 0 Å². The van der Waals surface area contributed by atoms with Crippen molar-refractivity contribution in [3.63, 3.8) is 0 Å². The van der Waals surface area contributed by atoms with Gasteiger partial charge >= 0.3 is 5.00 Å². The summed E-state index contributed by atoms with van der Waals surface area (Å²) < 4.78 is 2.32. The molecule has 0 fully saturated rings. The fourth-order valence-electron chi connectivity index (χ4n) is 2.02. The molecule has 11 heteroatoms. The van der Waals surface area contributed by atoms with E-state index < -0.39 is 15.8 Å². The van der Waals surface area contributed by atoms with Crippen molar-refractivity contribution in [2.24, 2.45) is 12.0 Å². The third kappa shape index (κ3) is 2.81. The maximum atomic E-state index is 12.2. The number of nitrogens with zero attached hydrogens (tertiary/aromatic N) is 4. The van der Waals surface area contributed by atoms with Gasteiger partial charge in [0.05, 0.1) is 20.1 Å². The van der Waals surface area contributed by atoms with E-state index in [0.717, 1.165) is 16.0 Å². The standard InChI is InChI=1S/C13H8N4O5S2/c1-15-8-6-7(16(19)20)2-3-9(8)24-13(15)14-12(18)10-4-5-11(23-10)17(21)22/h2-6H,1H3. The monoisotopic (exact) mass is 364 g/mol. The Morgan fingerprint density at radius 1 is 1.12 bits per heavy atom. The molecule has 24 heavy (non-hydrogen) atoms. The number of non-ortho nitro benzene ring substituents is 1. The van der Waals surface area contributed by atoms with Crippen LogP contribution in [0.5, 0.6) is 0 Å². The van der Waals surface area contributed by atoms with Gasteiger partial charge in [-0.05, 0) is 12.1 Å². The number of amides is 1. The molecule has 1 aromatic carbocycles. The van der Waals surface area contributed by atoms with E-state index >= 15 is 0 Å². The van der Waals surface area contributed by atoms with Gasteiger partial charge in [-0.3, -0.25) is 25.0 Å². The molecule has 0 aliphatic carbocycles. The zero-order valence-electron chi connectivity index (χ0n) is 12.0. The molecule has 0 N–H and O–H groups in total. The molecule has 0 saturated carbocycles. The summed E-state index contributed by atoms with van der Waals surface area (Å²) in [5, 5.41) is 21.4. The number of nitro groups is 2. The lowest BCUT2D eigenvalue weighted by Crippen LogP contribution is -2.12. The van der Waals surface area contributed by atoms with Crippen molar-refractivity contribution in [2.75, 3.05) is 0 Å². The smallest absolute Gasteiger partial charge is 0.319 e. The zero-order valence-corrected chi connectivity index (χ0v) is 13.7. The quantitative estimate of drug-likeness (QED) is 0.522. The van der Waals surface area contributed by atoms with Crippen LogP contribution in [0.3, 0.4) is 0 Å². The van der Waals surface area contributed by atoms with E-state index in [1.807, 2.05) is 0 Å². The molecule has 0 unspecified atom stereocenters. The van der Waals surface area contributed by atoms with Crippen LogP contribution in [0, 0.1) is 20.2 Å². The molecule has 1 amide bonds. The molecule has 0 radical (unpaired) electrons. The second kappa shape index (κ2) is 5.94. The van der Waals surface area contributed by atoms with Crippen LogP contribution >= 0.6 is 22.7 Å². The van der Waals surface area contributed by atoms with Crippen LogP contribution in [-0.4, -0.2) is 20.3 Å². The normalized spacial score (nSPS) is 11.8. The molecule has 2 heterocycles. The van der Waals surface area contributed by atoms with Gasteiger partial charge in [-0.15, -0.1) is 0 Å². The summed E-state index contributed by atoms with van der Waals surface area (Å²) in [6.07, 6.45) is 0. The van der Waals surface area contributed by atoms with Gasteiger partial charge in [0.25, 0.3) is 11.6 Å². The number of fused-ring (bicyclic) bond motifs is 1. The molecule has 2 aromatic heterocycles. The van der Waals surface area contributed by atoms with Gasteiger partial charge in [-0.1, -0.05) is 22.7 Å². The van der Waals surface area contributed by atoms with Gasteiger partial charge in [-0.2, -0.15) is 4.99 Å². The Morgan fingerprint density at radius 2 is 1.88 bits per heavy atom. The van der Waals surface area contributed by atoms with E-state index in [0.29, 0.717) is 10.3 Å². The molecule has 0 aliphatic rings. The van der Waals surface area contributed by atoms with Crippen molar-refractivity contribution in [2.45, 2.75) is 0 Å². The summed E-state index contributed by atoms with van der Waals surface area (Å²) in [6, 6.07) is 6.99. The van der Waals surface area contributed by atoms with E-state index in [9.17, 15) is 25.0 Å². The lowest BCUT2D eigenvalue weighted by molar-refractivity contribution is -0.384. The molecule has 3 rings (SSSR count). The van der Waals surface area contributed by atoms with Crippen molar-refractivity contribution >= 4 is 49.5 Å². The number of carbonyl (C=O) groups is 1. The number of rotatable bonds is 3. The fourth-order valence-corrected chi connectivity index (χ4v) is 3.72. The van der Waals surface area contributed by atoms with Crippen LogP contribution in [0.25, 0.3) is 10.2 Å². The molecule has 0 spiro atoms. The summed E-state index contributed by atoms with van der Waals surface area (Å²) in [7, 11) is 1.64. The minimum atomic E-state index is -0.593. The number of hydrogen-bond donors (Lipinski definition) is 0. The summed E-state index contributed by atoms with van der Waals surface area (Å²) >= 11 is 1.96. The number of aromatic nitrogens is 1. The lowest BCUT2D eigenvalue weighted by atomic mass is 10.3. The summed E-state index contributed by atoms with van der Waals surface area (Å²) in [5.74, 6) is -0.593. The second-order valence-electron chi connectivity index (χ2n) is 4.66. The Hall–Kier alpha value is -2.92. The first-order valence-electron chi connectivity index (χ1n) is 6.44. The lowest BCUT2D eigenvalue weighted by Gasteiger charge is -1.95. The van der Waals surface area contributed by atoms with Crippen LogP contribution in [0.1, 0.15) is 9.67 Å². The SMILES string of the molecule is Cn1c(=NC(=O)c2ccc([N+](=O)[O-])s2)sc2ccc([N+](=O)[O-])cc21. The van der Waals surface area contributed by atoms with Crippen molar-refractivity contribution in [3.05, 3.63) is 60.2 Å². The van der Waals surface area contributed by atoms with E-state index in [-0.39, 0.29) is 15.6 Å². The fraction of sp³-hybridized carbons (Fsp3) is 0.0769. The van der Waals surface area contributed by atoms with Gasteiger partial charge in [0.1, 0.15) is 4.88 Å². The highest BCUT2D eigenvalue weighted by Crippen LogP contribution is 2.25. The highest BCUT2D eigenvalue weighted by atomic mass is 32.1. The first-order chi connectivity index (χ1) is 11.4. The minimum absolute atomic E-state index is 0.0531. The summed E-state index contributed by atoms with van der Waals surface area (Å²) in [6.45, 7) is 0. The Bertz CT molecular complexity index is 1060.